The molecule has 0 atom stereocenters. The number of hydrogen-bond acceptors (Lipinski definition) is 3. The summed E-state index contributed by atoms with van der Waals surface area (Å²) in [6, 6.07) is 6.03. The van der Waals surface area contributed by atoms with E-state index in [9.17, 15) is 4.79 Å². The van der Waals surface area contributed by atoms with Crippen LogP contribution in [-0.2, 0) is 4.79 Å². The molecule has 1 amide bonds. The van der Waals surface area contributed by atoms with Crippen molar-refractivity contribution in [2.24, 2.45) is 11.7 Å². The molecule has 0 bridgehead atoms. The molecule has 3 N–H and O–H groups in total. The number of ether oxygens (including phenoxy) is 1. The van der Waals surface area contributed by atoms with Gasteiger partial charge in [-0.25, -0.2) is 0 Å². The van der Waals surface area contributed by atoms with Crippen molar-refractivity contribution in [3.63, 3.8) is 0 Å². The Balaban J connectivity index is 1.97. The normalized spacial score (nSPS) is 22.4. The van der Waals surface area contributed by atoms with Gasteiger partial charge >= 0.3 is 0 Å². The first-order valence-corrected chi connectivity index (χ1v) is 7.40. The molecule has 2 rings (SSSR count). The van der Waals surface area contributed by atoms with Crippen LogP contribution < -0.4 is 15.8 Å². The summed E-state index contributed by atoms with van der Waals surface area (Å²) in [6.45, 7) is 4.58. The van der Waals surface area contributed by atoms with Gasteiger partial charge in [-0.3, -0.25) is 4.79 Å². The van der Waals surface area contributed by atoms with Crippen molar-refractivity contribution in [2.75, 3.05) is 11.9 Å². The van der Waals surface area contributed by atoms with E-state index in [-0.39, 0.29) is 17.9 Å². The molecule has 0 heterocycles. The summed E-state index contributed by atoms with van der Waals surface area (Å²) in [5, 5.41) is 3.03. The van der Waals surface area contributed by atoms with E-state index in [4.69, 9.17) is 10.5 Å². The zero-order valence-corrected chi connectivity index (χ0v) is 12.3. The molecule has 0 saturated heterocycles. The van der Waals surface area contributed by atoms with Crippen LogP contribution >= 0.6 is 0 Å². The Bertz CT molecular complexity index is 466. The minimum atomic E-state index is 0.0979. The lowest BCUT2D eigenvalue weighted by Gasteiger charge is -2.25. The number of aryl methyl sites for hydroxylation is 1. The van der Waals surface area contributed by atoms with E-state index in [0.717, 1.165) is 42.7 Å². The number of amides is 1. The highest BCUT2D eigenvalue weighted by molar-refractivity contribution is 5.93. The van der Waals surface area contributed by atoms with E-state index in [1.54, 1.807) is 0 Å². The van der Waals surface area contributed by atoms with Gasteiger partial charge in [0.2, 0.25) is 5.91 Å². The third kappa shape index (κ3) is 3.73. The second-order valence-corrected chi connectivity index (χ2v) is 5.51. The Morgan fingerprint density at radius 2 is 2.05 bits per heavy atom. The highest BCUT2D eigenvalue weighted by Crippen LogP contribution is 2.26. The quantitative estimate of drug-likeness (QED) is 0.888. The van der Waals surface area contributed by atoms with Crippen molar-refractivity contribution in [3.8, 4) is 5.75 Å². The summed E-state index contributed by atoms with van der Waals surface area (Å²) in [5.74, 6) is 1.05. The number of anilines is 1. The molecular formula is C16H24N2O2. The number of rotatable bonds is 4. The molecule has 1 fully saturated rings. The molecule has 0 aromatic heterocycles. The highest BCUT2D eigenvalue weighted by Gasteiger charge is 2.24. The second kappa shape index (κ2) is 6.75. The molecule has 0 radical (unpaired) electrons. The van der Waals surface area contributed by atoms with Crippen LogP contribution in [0, 0.1) is 12.8 Å². The number of nitrogens with two attached hydrogens (primary N) is 1. The van der Waals surface area contributed by atoms with E-state index in [0.29, 0.717) is 6.61 Å². The van der Waals surface area contributed by atoms with Crippen molar-refractivity contribution >= 4 is 11.6 Å². The predicted octanol–water partition coefficient (Wildman–Crippen LogP) is 2.85. The lowest BCUT2D eigenvalue weighted by atomic mass is 9.86. The fraction of sp³-hybridized carbons (Fsp3) is 0.562. The summed E-state index contributed by atoms with van der Waals surface area (Å²) in [6.07, 6.45) is 3.67. The molecule has 0 spiro atoms. The molecule has 20 heavy (non-hydrogen) atoms. The van der Waals surface area contributed by atoms with Gasteiger partial charge in [-0.05, 0) is 63.3 Å². The monoisotopic (exact) mass is 276 g/mol. The number of benzene rings is 1. The van der Waals surface area contributed by atoms with Crippen LogP contribution in [0.3, 0.4) is 0 Å². The summed E-state index contributed by atoms with van der Waals surface area (Å²) in [4.78, 5) is 12.3. The number of nitrogens with one attached hydrogen (secondary N) is 1. The molecule has 1 saturated carbocycles. The molecule has 1 aliphatic rings. The SMILES string of the molecule is CCOc1ccc(NC(=O)C2CCC(N)CC2)c(C)c1. The van der Waals surface area contributed by atoms with Gasteiger partial charge in [-0.15, -0.1) is 0 Å². The average molecular weight is 276 g/mol. The summed E-state index contributed by atoms with van der Waals surface area (Å²) < 4.78 is 5.45. The van der Waals surface area contributed by atoms with Crippen molar-refractivity contribution in [1.29, 1.82) is 0 Å². The highest BCUT2D eigenvalue weighted by atomic mass is 16.5. The minimum Gasteiger partial charge on any atom is -0.494 e. The molecule has 1 aliphatic carbocycles. The van der Waals surface area contributed by atoms with Gasteiger partial charge in [-0.2, -0.15) is 0 Å². The summed E-state index contributed by atoms with van der Waals surface area (Å²) >= 11 is 0. The smallest absolute Gasteiger partial charge is 0.227 e. The average Bonchev–Trinajstić information content (AvgIpc) is 2.43. The van der Waals surface area contributed by atoms with Crippen molar-refractivity contribution in [3.05, 3.63) is 23.8 Å². The molecular weight excluding hydrogens is 252 g/mol. The molecule has 1 aromatic rings. The molecule has 4 nitrogen and oxygen atoms in total. The maximum atomic E-state index is 12.3. The second-order valence-electron chi connectivity index (χ2n) is 5.51. The topological polar surface area (TPSA) is 64.3 Å². The number of hydrogen-bond donors (Lipinski definition) is 2. The Morgan fingerprint density at radius 1 is 1.35 bits per heavy atom. The maximum Gasteiger partial charge on any atom is 0.227 e. The molecule has 0 unspecified atom stereocenters. The lowest BCUT2D eigenvalue weighted by Crippen LogP contribution is -2.32. The molecule has 0 aliphatic heterocycles. The van der Waals surface area contributed by atoms with Crippen LogP contribution in [0.2, 0.25) is 0 Å². The maximum absolute atomic E-state index is 12.3. The van der Waals surface area contributed by atoms with Crippen LogP contribution in [0.5, 0.6) is 5.75 Å². The van der Waals surface area contributed by atoms with Gasteiger partial charge in [0.05, 0.1) is 6.61 Å². The van der Waals surface area contributed by atoms with Gasteiger partial charge in [0.25, 0.3) is 0 Å². The van der Waals surface area contributed by atoms with Crippen LogP contribution in [0.15, 0.2) is 18.2 Å². The molecule has 110 valence electrons. The van der Waals surface area contributed by atoms with E-state index in [1.165, 1.54) is 0 Å². The van der Waals surface area contributed by atoms with Crippen LogP contribution in [-0.4, -0.2) is 18.6 Å². The lowest BCUT2D eigenvalue weighted by molar-refractivity contribution is -0.120. The first kappa shape index (κ1) is 14.9. The Morgan fingerprint density at radius 3 is 2.65 bits per heavy atom. The van der Waals surface area contributed by atoms with Crippen LogP contribution in [0.4, 0.5) is 5.69 Å². The van der Waals surface area contributed by atoms with Gasteiger partial charge in [0.15, 0.2) is 0 Å². The van der Waals surface area contributed by atoms with Gasteiger partial charge in [-0.1, -0.05) is 0 Å². The van der Waals surface area contributed by atoms with E-state index >= 15 is 0 Å². The van der Waals surface area contributed by atoms with Gasteiger partial charge in [0.1, 0.15) is 5.75 Å². The van der Waals surface area contributed by atoms with Crippen LogP contribution in [0.1, 0.15) is 38.2 Å². The van der Waals surface area contributed by atoms with Crippen molar-refractivity contribution in [2.45, 2.75) is 45.6 Å². The minimum absolute atomic E-state index is 0.0979. The fourth-order valence-corrected chi connectivity index (χ4v) is 2.65. The standard InChI is InChI=1S/C16H24N2O2/c1-3-20-14-8-9-15(11(2)10-14)18-16(19)12-4-6-13(17)7-5-12/h8-10,12-13H,3-7,17H2,1-2H3,(H,18,19). The van der Waals surface area contributed by atoms with Crippen molar-refractivity contribution < 1.29 is 9.53 Å². The van der Waals surface area contributed by atoms with Crippen LogP contribution in [0.25, 0.3) is 0 Å². The molecule has 1 aromatic carbocycles. The number of carbonyl (C=O) groups is 1. The third-order valence-corrected chi connectivity index (χ3v) is 3.91. The summed E-state index contributed by atoms with van der Waals surface area (Å²) in [5.41, 5.74) is 7.77. The Labute approximate surface area is 120 Å². The number of carbonyl (C=O) groups excluding carboxylic acids is 1. The Hall–Kier alpha value is -1.55. The first-order valence-electron chi connectivity index (χ1n) is 7.40. The van der Waals surface area contributed by atoms with E-state index < -0.39 is 0 Å². The zero-order valence-electron chi connectivity index (χ0n) is 12.3. The fourth-order valence-electron chi connectivity index (χ4n) is 2.65. The Kier molecular flexibility index (Phi) is 5.01. The predicted molar refractivity (Wildman–Crippen MR) is 80.9 cm³/mol. The van der Waals surface area contributed by atoms with E-state index in [2.05, 4.69) is 5.32 Å². The largest absolute Gasteiger partial charge is 0.494 e. The van der Waals surface area contributed by atoms with E-state index in [1.807, 2.05) is 32.0 Å². The third-order valence-electron chi connectivity index (χ3n) is 3.91. The molecule has 4 heteroatoms. The zero-order chi connectivity index (χ0) is 14.5. The summed E-state index contributed by atoms with van der Waals surface area (Å²) in [7, 11) is 0. The van der Waals surface area contributed by atoms with Gasteiger partial charge in [0, 0.05) is 17.6 Å². The van der Waals surface area contributed by atoms with Gasteiger partial charge < -0.3 is 15.8 Å². The van der Waals surface area contributed by atoms with Crippen molar-refractivity contribution in [1.82, 2.24) is 0 Å². The first-order chi connectivity index (χ1) is 9.60.